The largest absolute Gasteiger partial charge is 0.492 e. The summed E-state index contributed by atoms with van der Waals surface area (Å²) in [4.78, 5) is 11.7. The zero-order valence-electron chi connectivity index (χ0n) is 10.3. The zero-order chi connectivity index (χ0) is 13.5. The van der Waals surface area contributed by atoms with Crippen LogP contribution in [0.15, 0.2) is 41.8 Å². The van der Waals surface area contributed by atoms with Crippen molar-refractivity contribution in [3.63, 3.8) is 0 Å². The van der Waals surface area contributed by atoms with Crippen LogP contribution in [0.1, 0.15) is 15.2 Å². The van der Waals surface area contributed by atoms with E-state index in [0.717, 1.165) is 17.2 Å². The molecular weight excluding hydrogens is 262 g/mol. The van der Waals surface area contributed by atoms with Gasteiger partial charge in [0.05, 0.1) is 5.56 Å². The second-order valence-electron chi connectivity index (χ2n) is 3.95. The van der Waals surface area contributed by atoms with E-state index in [1.165, 1.54) is 11.3 Å². The number of carboxylic acids is 1. The SMILES string of the molecule is O=C(O)c1csc(CNCCOc2ccccc2)c1. The first-order valence-corrected chi connectivity index (χ1v) is 6.83. The maximum absolute atomic E-state index is 10.7. The number of ether oxygens (including phenoxy) is 1. The Kier molecular flexibility index (Phi) is 4.94. The molecule has 0 aliphatic rings. The molecular formula is C14H15NO3S. The first-order chi connectivity index (χ1) is 9.25. The van der Waals surface area contributed by atoms with E-state index in [1.807, 2.05) is 30.3 Å². The summed E-state index contributed by atoms with van der Waals surface area (Å²) in [5.41, 5.74) is 0.349. The Balaban J connectivity index is 1.65. The van der Waals surface area contributed by atoms with Crippen LogP contribution in [-0.4, -0.2) is 24.2 Å². The summed E-state index contributed by atoms with van der Waals surface area (Å²) < 4.78 is 5.53. The van der Waals surface area contributed by atoms with Gasteiger partial charge in [-0.05, 0) is 18.2 Å². The molecule has 19 heavy (non-hydrogen) atoms. The van der Waals surface area contributed by atoms with Crippen LogP contribution >= 0.6 is 11.3 Å². The van der Waals surface area contributed by atoms with E-state index >= 15 is 0 Å². The molecule has 1 heterocycles. The number of para-hydroxylation sites is 1. The van der Waals surface area contributed by atoms with Crippen molar-refractivity contribution in [3.05, 3.63) is 52.2 Å². The summed E-state index contributed by atoms with van der Waals surface area (Å²) in [6.45, 7) is 1.96. The van der Waals surface area contributed by atoms with E-state index in [9.17, 15) is 4.79 Å². The van der Waals surface area contributed by atoms with Crippen LogP contribution in [-0.2, 0) is 6.54 Å². The number of nitrogens with one attached hydrogen (secondary N) is 1. The summed E-state index contributed by atoms with van der Waals surface area (Å²) in [7, 11) is 0. The zero-order valence-corrected chi connectivity index (χ0v) is 11.2. The highest BCUT2D eigenvalue weighted by atomic mass is 32.1. The number of thiophene rings is 1. The fourth-order valence-electron chi connectivity index (χ4n) is 1.55. The lowest BCUT2D eigenvalue weighted by atomic mass is 10.3. The summed E-state index contributed by atoms with van der Waals surface area (Å²) in [6.07, 6.45) is 0. The van der Waals surface area contributed by atoms with Gasteiger partial charge in [-0.3, -0.25) is 0 Å². The molecule has 2 N–H and O–H groups in total. The van der Waals surface area contributed by atoms with Gasteiger partial charge in [-0.1, -0.05) is 18.2 Å². The first-order valence-electron chi connectivity index (χ1n) is 5.95. The van der Waals surface area contributed by atoms with Crippen LogP contribution in [0.3, 0.4) is 0 Å². The Hall–Kier alpha value is -1.85. The minimum Gasteiger partial charge on any atom is -0.492 e. The maximum atomic E-state index is 10.7. The molecule has 0 bridgehead atoms. The quantitative estimate of drug-likeness (QED) is 0.764. The highest BCUT2D eigenvalue weighted by Crippen LogP contribution is 2.14. The fourth-order valence-corrected chi connectivity index (χ4v) is 2.38. The van der Waals surface area contributed by atoms with E-state index in [2.05, 4.69) is 5.32 Å². The summed E-state index contributed by atoms with van der Waals surface area (Å²) >= 11 is 1.45. The van der Waals surface area contributed by atoms with E-state index in [4.69, 9.17) is 9.84 Å². The van der Waals surface area contributed by atoms with Gasteiger partial charge in [0, 0.05) is 23.3 Å². The molecule has 0 saturated carbocycles. The number of carbonyl (C=O) groups is 1. The van der Waals surface area contributed by atoms with E-state index < -0.39 is 5.97 Å². The molecule has 0 spiro atoms. The molecule has 0 atom stereocenters. The molecule has 100 valence electrons. The Morgan fingerprint density at radius 3 is 2.79 bits per heavy atom. The molecule has 2 rings (SSSR count). The van der Waals surface area contributed by atoms with Crippen molar-refractivity contribution in [1.29, 1.82) is 0 Å². The van der Waals surface area contributed by atoms with Crippen molar-refractivity contribution < 1.29 is 14.6 Å². The molecule has 0 aliphatic carbocycles. The molecule has 4 nitrogen and oxygen atoms in total. The first kappa shape index (κ1) is 13.6. The Morgan fingerprint density at radius 1 is 1.32 bits per heavy atom. The van der Waals surface area contributed by atoms with Gasteiger partial charge in [0.25, 0.3) is 0 Å². The highest BCUT2D eigenvalue weighted by molar-refractivity contribution is 7.10. The molecule has 0 unspecified atom stereocenters. The molecule has 5 heteroatoms. The minimum absolute atomic E-state index is 0.349. The average molecular weight is 277 g/mol. The van der Waals surface area contributed by atoms with Gasteiger partial charge in [-0.15, -0.1) is 11.3 Å². The monoisotopic (exact) mass is 277 g/mol. The average Bonchev–Trinajstić information content (AvgIpc) is 2.89. The Morgan fingerprint density at radius 2 is 2.11 bits per heavy atom. The lowest BCUT2D eigenvalue weighted by molar-refractivity contribution is 0.0697. The van der Waals surface area contributed by atoms with Crippen LogP contribution in [0.4, 0.5) is 0 Å². The van der Waals surface area contributed by atoms with Gasteiger partial charge in [-0.2, -0.15) is 0 Å². The van der Waals surface area contributed by atoms with Gasteiger partial charge in [-0.25, -0.2) is 4.79 Å². The van der Waals surface area contributed by atoms with E-state index in [0.29, 0.717) is 18.7 Å². The third-order valence-corrected chi connectivity index (χ3v) is 3.43. The van der Waals surface area contributed by atoms with Crippen LogP contribution in [0.2, 0.25) is 0 Å². The minimum atomic E-state index is -0.880. The van der Waals surface area contributed by atoms with Crippen LogP contribution in [0.5, 0.6) is 5.75 Å². The normalized spacial score (nSPS) is 10.3. The second kappa shape index (κ2) is 6.92. The summed E-state index contributed by atoms with van der Waals surface area (Å²) in [5.74, 6) is -0.0245. The maximum Gasteiger partial charge on any atom is 0.336 e. The third kappa shape index (κ3) is 4.39. The van der Waals surface area contributed by atoms with Crippen molar-refractivity contribution in [1.82, 2.24) is 5.32 Å². The number of rotatable bonds is 7. The van der Waals surface area contributed by atoms with Gasteiger partial charge >= 0.3 is 5.97 Å². The lowest BCUT2D eigenvalue weighted by Crippen LogP contribution is -2.20. The lowest BCUT2D eigenvalue weighted by Gasteiger charge is -2.06. The number of hydrogen-bond donors (Lipinski definition) is 2. The van der Waals surface area contributed by atoms with E-state index in [1.54, 1.807) is 11.4 Å². The molecule has 2 aromatic rings. The molecule has 0 fully saturated rings. The van der Waals surface area contributed by atoms with Crippen molar-refractivity contribution in [2.45, 2.75) is 6.54 Å². The number of aromatic carboxylic acids is 1. The van der Waals surface area contributed by atoms with Gasteiger partial charge in [0.2, 0.25) is 0 Å². The topological polar surface area (TPSA) is 58.6 Å². The van der Waals surface area contributed by atoms with Crippen molar-refractivity contribution >= 4 is 17.3 Å². The molecule has 0 amide bonds. The smallest absolute Gasteiger partial charge is 0.336 e. The molecule has 0 aliphatic heterocycles. The second-order valence-corrected chi connectivity index (χ2v) is 4.94. The van der Waals surface area contributed by atoms with Crippen molar-refractivity contribution in [2.24, 2.45) is 0 Å². The van der Waals surface area contributed by atoms with E-state index in [-0.39, 0.29) is 0 Å². The van der Waals surface area contributed by atoms with Crippen molar-refractivity contribution in [3.8, 4) is 5.75 Å². The predicted molar refractivity (Wildman–Crippen MR) is 74.9 cm³/mol. The summed E-state index contributed by atoms with van der Waals surface area (Å²) in [5, 5.41) is 13.7. The fraction of sp³-hybridized carbons (Fsp3) is 0.214. The van der Waals surface area contributed by atoms with Crippen LogP contribution in [0.25, 0.3) is 0 Å². The molecule has 0 radical (unpaired) electrons. The predicted octanol–water partition coefficient (Wildman–Crippen LogP) is 2.61. The van der Waals surface area contributed by atoms with Gasteiger partial charge < -0.3 is 15.2 Å². The Bertz CT molecular complexity index is 524. The van der Waals surface area contributed by atoms with Crippen molar-refractivity contribution in [2.75, 3.05) is 13.2 Å². The standard InChI is InChI=1S/C14H15NO3S/c16-14(17)11-8-13(19-10-11)9-15-6-7-18-12-4-2-1-3-5-12/h1-5,8,10,15H,6-7,9H2,(H,16,17). The molecule has 1 aromatic carbocycles. The van der Waals surface area contributed by atoms with Crippen LogP contribution in [0, 0.1) is 0 Å². The number of benzene rings is 1. The third-order valence-electron chi connectivity index (χ3n) is 2.49. The Labute approximate surface area is 115 Å². The highest BCUT2D eigenvalue weighted by Gasteiger charge is 2.05. The number of hydrogen-bond acceptors (Lipinski definition) is 4. The summed E-state index contributed by atoms with van der Waals surface area (Å²) in [6, 6.07) is 11.3. The van der Waals surface area contributed by atoms with Gasteiger partial charge in [0.15, 0.2) is 0 Å². The molecule has 1 aromatic heterocycles. The molecule has 0 saturated heterocycles. The number of carboxylic acid groups (broad SMARTS) is 1. The van der Waals surface area contributed by atoms with Crippen LogP contribution < -0.4 is 10.1 Å². The van der Waals surface area contributed by atoms with Gasteiger partial charge in [0.1, 0.15) is 12.4 Å².